The first-order valence-corrected chi connectivity index (χ1v) is 19.1. The van der Waals surface area contributed by atoms with E-state index < -0.39 is 51.5 Å². The molecule has 2 aromatic rings. The van der Waals surface area contributed by atoms with Crippen LogP contribution in [0.3, 0.4) is 0 Å². The van der Waals surface area contributed by atoms with Crippen molar-refractivity contribution in [2.45, 2.75) is 61.2 Å². The van der Waals surface area contributed by atoms with Gasteiger partial charge < -0.3 is 0 Å². The molecule has 0 unspecified atom stereocenters. The molecule has 0 bridgehead atoms. The second kappa shape index (κ2) is 16.0. The molecule has 222 valence electrons. The Labute approximate surface area is 237 Å². The molecule has 0 aliphatic rings. The molecule has 2 aromatic carbocycles. The van der Waals surface area contributed by atoms with Gasteiger partial charge in [0, 0.05) is 0 Å². The fraction of sp³-hybridized carbons (Fsp3) is 0.500. The summed E-state index contributed by atoms with van der Waals surface area (Å²) in [4.78, 5) is -0.118. The number of sulfone groups is 2. The first-order chi connectivity index (χ1) is 18.8. The van der Waals surface area contributed by atoms with Crippen LogP contribution in [0.2, 0.25) is 0 Å². The van der Waals surface area contributed by atoms with Crippen molar-refractivity contribution in [1.29, 1.82) is 0 Å². The summed E-state index contributed by atoms with van der Waals surface area (Å²) >= 11 is 0. The summed E-state index contributed by atoms with van der Waals surface area (Å²) in [5.74, 6) is -1.60. The summed E-state index contributed by atoms with van der Waals surface area (Å²) in [5, 5.41) is 6.75. The van der Waals surface area contributed by atoms with Gasteiger partial charge in [0.05, 0.1) is 21.3 Å². The van der Waals surface area contributed by atoms with Crippen molar-refractivity contribution in [3.05, 3.63) is 60.7 Å². The number of benzene rings is 2. The van der Waals surface area contributed by atoms with Crippen molar-refractivity contribution >= 4 is 39.7 Å². The van der Waals surface area contributed by atoms with Crippen LogP contribution < -0.4 is 0 Å². The second-order valence-electron chi connectivity index (χ2n) is 9.00. The van der Waals surface area contributed by atoms with Gasteiger partial charge in [0.2, 0.25) is 0 Å². The van der Waals surface area contributed by atoms with Crippen LogP contribution in [-0.2, 0) is 39.7 Å². The van der Waals surface area contributed by atoms with Crippen molar-refractivity contribution < 1.29 is 33.7 Å². The smallest absolute Gasteiger partial charge is 0.227 e. The Balaban J connectivity index is 1.54. The normalized spacial score (nSPS) is 13.3. The number of hydrogen-bond acceptors (Lipinski definition) is 10. The minimum atomic E-state index is -4.02. The highest BCUT2D eigenvalue weighted by molar-refractivity contribution is 7.92. The Bertz CT molecular complexity index is 1420. The molecule has 0 aliphatic carbocycles. The van der Waals surface area contributed by atoms with Crippen LogP contribution in [0, 0.1) is 0 Å². The molecule has 2 rings (SSSR count). The number of nitrogens with zero attached hydrogens (tertiary/aromatic N) is 4. The molecular formula is C24H34N4O8S4. The van der Waals surface area contributed by atoms with E-state index in [1.165, 1.54) is 48.5 Å². The van der Waals surface area contributed by atoms with Gasteiger partial charge in [0.1, 0.15) is 0 Å². The average molecular weight is 635 g/mol. The molecule has 0 saturated carbocycles. The first-order valence-electron chi connectivity index (χ1n) is 12.6. The van der Waals surface area contributed by atoms with Crippen LogP contribution in [0.1, 0.15) is 51.4 Å². The highest BCUT2D eigenvalue weighted by Gasteiger charge is 2.15. The van der Waals surface area contributed by atoms with Gasteiger partial charge in [-0.3, -0.25) is 0 Å². The van der Waals surface area contributed by atoms with Crippen molar-refractivity contribution in [1.82, 2.24) is 0 Å². The van der Waals surface area contributed by atoms with Gasteiger partial charge in [0.15, 0.2) is 31.4 Å². The second-order valence-corrected chi connectivity index (χ2v) is 16.5. The molecule has 16 heteroatoms. The lowest BCUT2D eigenvalue weighted by atomic mass is 10.1. The van der Waals surface area contributed by atoms with Crippen molar-refractivity contribution in [3.63, 3.8) is 0 Å². The molecular weight excluding hydrogens is 601 g/mol. The van der Waals surface area contributed by atoms with E-state index in [9.17, 15) is 33.7 Å². The van der Waals surface area contributed by atoms with Crippen molar-refractivity contribution in [2.75, 3.05) is 23.3 Å². The molecule has 0 radical (unpaired) electrons. The molecule has 0 aliphatic heterocycles. The van der Waals surface area contributed by atoms with Crippen LogP contribution in [-0.4, -0.2) is 56.9 Å². The number of unbranched alkanes of at least 4 members (excludes halogenated alkanes) is 7. The van der Waals surface area contributed by atoms with Crippen LogP contribution in [0.25, 0.3) is 0 Å². The highest BCUT2D eigenvalue weighted by Crippen LogP contribution is 2.14. The van der Waals surface area contributed by atoms with E-state index in [2.05, 4.69) is 19.3 Å². The van der Waals surface area contributed by atoms with Gasteiger partial charge in [-0.25, -0.2) is 16.8 Å². The van der Waals surface area contributed by atoms with Crippen molar-refractivity contribution in [2.24, 2.45) is 19.3 Å². The molecule has 40 heavy (non-hydrogen) atoms. The number of sulfonamides is 2. The van der Waals surface area contributed by atoms with Gasteiger partial charge >= 0.3 is 0 Å². The fourth-order valence-electron chi connectivity index (χ4n) is 3.49. The molecule has 0 aromatic heterocycles. The van der Waals surface area contributed by atoms with E-state index in [0.29, 0.717) is 25.7 Å². The van der Waals surface area contributed by atoms with E-state index in [-0.39, 0.29) is 21.3 Å². The fourth-order valence-corrected chi connectivity index (χ4v) is 7.26. The lowest BCUT2D eigenvalue weighted by Gasteiger charge is -2.04. The largest absolute Gasteiger partial charge is 0.299 e. The number of rotatable bonds is 19. The summed E-state index contributed by atoms with van der Waals surface area (Å²) in [7, 11) is -15.2. The summed E-state index contributed by atoms with van der Waals surface area (Å²) in [5.41, 5.74) is 0. The van der Waals surface area contributed by atoms with Gasteiger partial charge in [-0.2, -0.15) is 27.1 Å². The maximum atomic E-state index is 12.1. The number of hydrogen-bond donors (Lipinski definition) is 0. The zero-order chi connectivity index (χ0) is 29.5. The van der Waals surface area contributed by atoms with Crippen LogP contribution in [0.4, 0.5) is 0 Å². The Hall–Kier alpha value is -2.56. The third kappa shape index (κ3) is 13.2. The Morgan fingerprint density at radius 3 is 1.05 bits per heavy atom. The predicted octanol–water partition coefficient (Wildman–Crippen LogP) is 4.53. The Morgan fingerprint density at radius 1 is 0.425 bits per heavy atom. The summed E-state index contributed by atoms with van der Waals surface area (Å²) < 4.78 is 103. The molecule has 0 heterocycles. The highest BCUT2D eigenvalue weighted by atomic mass is 32.2. The molecule has 0 saturated heterocycles. The average Bonchev–Trinajstić information content (AvgIpc) is 2.90. The zero-order valence-electron chi connectivity index (χ0n) is 21.9. The van der Waals surface area contributed by atoms with Gasteiger partial charge in [-0.15, -0.1) is 0 Å². The molecule has 0 spiro atoms. The Kier molecular flexibility index (Phi) is 13.5. The minimum Gasteiger partial charge on any atom is -0.227 e. The third-order valence-electron chi connectivity index (χ3n) is 5.58. The van der Waals surface area contributed by atoms with Crippen molar-refractivity contribution in [3.8, 4) is 0 Å². The molecule has 0 atom stereocenters. The minimum absolute atomic E-state index is 0.0589. The first kappa shape index (κ1) is 33.6. The maximum Gasteiger partial charge on any atom is 0.299 e. The standard InChI is InChI=1S/C24H34N4O8S4/c29-37(30,21-25-27-39(33,34)23-15-9-7-10-16-23)19-13-5-3-1-2-4-6-14-20-38(31,32)22-26-28-40(35,36)24-17-11-8-12-18-24/h7-12,15-18H,1-6,13-14,19-22H2/b27-25+,28-26+. The lowest BCUT2D eigenvalue weighted by molar-refractivity contribution is 0.565. The summed E-state index contributed by atoms with van der Waals surface area (Å²) in [6.45, 7) is 0. The van der Waals surface area contributed by atoms with Crippen LogP contribution in [0.15, 0.2) is 89.7 Å². The molecule has 0 N–H and O–H groups in total. The molecule has 0 amide bonds. The van der Waals surface area contributed by atoms with E-state index in [1.54, 1.807) is 12.1 Å². The van der Waals surface area contributed by atoms with Gasteiger partial charge in [0.25, 0.3) is 20.0 Å². The van der Waals surface area contributed by atoms with Crippen LogP contribution in [0.5, 0.6) is 0 Å². The lowest BCUT2D eigenvalue weighted by Crippen LogP contribution is -2.10. The van der Waals surface area contributed by atoms with E-state index in [1.807, 2.05) is 0 Å². The van der Waals surface area contributed by atoms with Gasteiger partial charge in [-0.05, 0) is 37.1 Å². The summed E-state index contributed by atoms with van der Waals surface area (Å²) in [6, 6.07) is 14.8. The predicted molar refractivity (Wildman–Crippen MR) is 151 cm³/mol. The zero-order valence-corrected chi connectivity index (χ0v) is 25.2. The van der Waals surface area contributed by atoms with Crippen LogP contribution >= 0.6 is 0 Å². The summed E-state index contributed by atoms with van der Waals surface area (Å²) in [6.07, 6.45) is 5.59. The third-order valence-corrected chi connectivity index (χ3v) is 10.8. The maximum absolute atomic E-state index is 12.1. The van der Waals surface area contributed by atoms with E-state index in [0.717, 1.165) is 25.7 Å². The molecule has 0 fully saturated rings. The van der Waals surface area contributed by atoms with E-state index in [4.69, 9.17) is 0 Å². The quantitative estimate of drug-likeness (QED) is 0.159. The molecule has 12 nitrogen and oxygen atoms in total. The van der Waals surface area contributed by atoms with E-state index >= 15 is 0 Å². The topological polar surface area (TPSA) is 186 Å². The Morgan fingerprint density at radius 2 is 0.725 bits per heavy atom. The SMILES string of the molecule is O=S(=O)(CCCCCCCCCCS(=O)(=O)C/N=N/S(=O)(=O)c1ccccc1)C/N=N/S(=O)(=O)c1ccccc1. The monoisotopic (exact) mass is 634 g/mol. The van der Waals surface area contributed by atoms with Gasteiger partial charge in [-0.1, -0.05) is 84.0 Å².